The Balaban J connectivity index is 1.91. The van der Waals surface area contributed by atoms with Crippen molar-refractivity contribution in [3.8, 4) is 5.75 Å². The van der Waals surface area contributed by atoms with Crippen LogP contribution in [0.1, 0.15) is 22.3 Å². The lowest BCUT2D eigenvalue weighted by Gasteiger charge is -2.06. The van der Waals surface area contributed by atoms with Gasteiger partial charge < -0.3 is 14.6 Å². The van der Waals surface area contributed by atoms with Crippen LogP contribution < -0.4 is 4.74 Å². The lowest BCUT2D eigenvalue weighted by Crippen LogP contribution is -2.10. The quantitative estimate of drug-likeness (QED) is 0.661. The fourth-order valence-corrected chi connectivity index (χ4v) is 2.43. The summed E-state index contributed by atoms with van der Waals surface area (Å²) >= 11 is 0. The summed E-state index contributed by atoms with van der Waals surface area (Å²) in [7, 11) is 0. The van der Waals surface area contributed by atoms with Gasteiger partial charge in [0.05, 0.1) is 0 Å². The first kappa shape index (κ1) is 17.4. The van der Waals surface area contributed by atoms with Gasteiger partial charge in [-0.1, -0.05) is 24.3 Å². The van der Waals surface area contributed by atoms with Crippen LogP contribution in [0.5, 0.6) is 5.75 Å². The fraction of sp³-hybridized carbons (Fsp3) is 0.150. The summed E-state index contributed by atoms with van der Waals surface area (Å²) in [5.74, 6) is -1.05. The van der Waals surface area contributed by atoms with Crippen molar-refractivity contribution in [1.29, 1.82) is 0 Å². The number of ether oxygens (including phenoxy) is 2. The fourth-order valence-electron chi connectivity index (χ4n) is 2.43. The van der Waals surface area contributed by atoms with Crippen molar-refractivity contribution in [3.05, 3.63) is 70.4 Å². The van der Waals surface area contributed by atoms with E-state index in [1.165, 1.54) is 6.08 Å². The van der Waals surface area contributed by atoms with Gasteiger partial charge in [-0.3, -0.25) is 0 Å². The topological polar surface area (TPSA) is 85.2 Å². The molecule has 1 aliphatic rings. The van der Waals surface area contributed by atoms with Crippen LogP contribution in [0.25, 0.3) is 6.08 Å². The molecule has 6 nitrogen and oxygen atoms in total. The summed E-state index contributed by atoms with van der Waals surface area (Å²) in [6, 6.07) is 12.5. The highest BCUT2D eigenvalue weighted by atomic mass is 16.6. The van der Waals surface area contributed by atoms with Crippen molar-refractivity contribution in [2.75, 3.05) is 6.61 Å². The van der Waals surface area contributed by atoms with E-state index in [1.807, 2.05) is 32.0 Å². The van der Waals surface area contributed by atoms with Crippen molar-refractivity contribution < 1.29 is 24.2 Å². The predicted molar refractivity (Wildman–Crippen MR) is 96.1 cm³/mol. The molecule has 0 unspecified atom stereocenters. The van der Waals surface area contributed by atoms with Gasteiger partial charge in [0.2, 0.25) is 5.90 Å². The first-order valence-electron chi connectivity index (χ1n) is 7.98. The third-order valence-electron chi connectivity index (χ3n) is 3.94. The molecular formula is C20H17NO5. The number of carbonyl (C=O) groups is 2. The molecule has 0 saturated carbocycles. The number of carboxylic acid groups (broad SMARTS) is 1. The minimum absolute atomic E-state index is 0.129. The van der Waals surface area contributed by atoms with Crippen LogP contribution in [0.3, 0.4) is 0 Å². The molecule has 26 heavy (non-hydrogen) atoms. The first-order valence-corrected chi connectivity index (χ1v) is 7.98. The number of cyclic esters (lactones) is 1. The number of hydrogen-bond donors (Lipinski definition) is 1. The molecule has 0 amide bonds. The molecule has 0 spiro atoms. The maximum Gasteiger partial charge on any atom is 0.363 e. The van der Waals surface area contributed by atoms with Gasteiger partial charge in [-0.15, -0.1) is 0 Å². The average Bonchev–Trinajstić information content (AvgIpc) is 2.97. The molecule has 0 saturated heterocycles. The van der Waals surface area contributed by atoms with Gasteiger partial charge in [0.15, 0.2) is 12.3 Å². The van der Waals surface area contributed by atoms with Gasteiger partial charge >= 0.3 is 11.9 Å². The van der Waals surface area contributed by atoms with Crippen molar-refractivity contribution in [1.82, 2.24) is 0 Å². The van der Waals surface area contributed by atoms with E-state index >= 15 is 0 Å². The summed E-state index contributed by atoms with van der Waals surface area (Å²) in [4.78, 5) is 27.1. The highest BCUT2D eigenvalue weighted by Crippen LogP contribution is 2.25. The Morgan fingerprint density at radius 1 is 1.19 bits per heavy atom. The maximum atomic E-state index is 12.2. The van der Waals surface area contributed by atoms with E-state index < -0.39 is 18.5 Å². The van der Waals surface area contributed by atoms with Gasteiger partial charge in [0, 0.05) is 11.1 Å². The summed E-state index contributed by atoms with van der Waals surface area (Å²) in [5, 5.41) is 8.76. The molecule has 1 heterocycles. The van der Waals surface area contributed by atoms with Gasteiger partial charge in [0.25, 0.3) is 0 Å². The minimum atomic E-state index is -1.08. The number of carbonyl (C=O) groups excluding carboxylic acids is 1. The highest BCUT2D eigenvalue weighted by Gasteiger charge is 2.24. The third-order valence-corrected chi connectivity index (χ3v) is 3.94. The number of hydrogen-bond acceptors (Lipinski definition) is 5. The van der Waals surface area contributed by atoms with E-state index in [1.54, 1.807) is 24.3 Å². The number of aliphatic carboxylic acids is 1. The number of benzene rings is 2. The van der Waals surface area contributed by atoms with Crippen molar-refractivity contribution in [3.63, 3.8) is 0 Å². The number of carboxylic acids is 1. The van der Waals surface area contributed by atoms with Crippen molar-refractivity contribution in [2.24, 2.45) is 4.99 Å². The zero-order valence-corrected chi connectivity index (χ0v) is 14.4. The number of aryl methyl sites for hydroxylation is 2. The summed E-state index contributed by atoms with van der Waals surface area (Å²) in [6.07, 6.45) is 1.52. The summed E-state index contributed by atoms with van der Waals surface area (Å²) < 4.78 is 10.5. The first-order chi connectivity index (χ1) is 12.4. The number of para-hydroxylation sites is 1. The van der Waals surface area contributed by atoms with Crippen LogP contribution in [-0.2, 0) is 14.3 Å². The lowest BCUT2D eigenvalue weighted by molar-refractivity contribution is -0.139. The Bertz CT molecular complexity index is 943. The molecule has 1 aliphatic heterocycles. The van der Waals surface area contributed by atoms with Gasteiger partial charge in [0.1, 0.15) is 5.75 Å². The molecule has 2 aromatic carbocycles. The Labute approximate surface area is 150 Å². The normalized spacial score (nSPS) is 14.9. The van der Waals surface area contributed by atoms with Crippen molar-refractivity contribution >= 4 is 23.9 Å². The van der Waals surface area contributed by atoms with Gasteiger partial charge in [-0.25, -0.2) is 14.6 Å². The largest absolute Gasteiger partial charge is 0.481 e. The predicted octanol–water partition coefficient (Wildman–Crippen LogP) is 3.11. The maximum absolute atomic E-state index is 12.2. The second-order valence-corrected chi connectivity index (χ2v) is 5.86. The van der Waals surface area contributed by atoms with Gasteiger partial charge in [-0.05, 0) is 49.2 Å². The van der Waals surface area contributed by atoms with Crippen LogP contribution in [0, 0.1) is 13.8 Å². The monoisotopic (exact) mass is 351 g/mol. The molecular weight excluding hydrogens is 334 g/mol. The molecule has 132 valence electrons. The zero-order valence-electron chi connectivity index (χ0n) is 14.4. The molecule has 0 radical (unpaired) electrons. The molecule has 6 heteroatoms. The van der Waals surface area contributed by atoms with E-state index in [0.717, 1.165) is 16.7 Å². The second kappa shape index (κ2) is 7.23. The smallest absolute Gasteiger partial charge is 0.363 e. The Morgan fingerprint density at radius 2 is 1.96 bits per heavy atom. The van der Waals surface area contributed by atoms with Crippen LogP contribution in [0.4, 0.5) is 0 Å². The molecule has 0 fully saturated rings. The standard InChI is InChI=1S/C20H17NO5/c1-12-7-8-15(9-13(12)2)19-21-16(20(24)26-19)10-14-5-3-4-6-17(14)25-11-18(22)23/h3-10H,11H2,1-2H3,(H,22,23)/b16-10-. The van der Waals surface area contributed by atoms with Crippen molar-refractivity contribution in [2.45, 2.75) is 13.8 Å². The lowest BCUT2D eigenvalue weighted by atomic mass is 10.1. The van der Waals surface area contributed by atoms with Crippen LogP contribution in [0.2, 0.25) is 0 Å². The zero-order chi connectivity index (χ0) is 18.7. The second-order valence-electron chi connectivity index (χ2n) is 5.86. The molecule has 1 N–H and O–H groups in total. The molecule has 3 rings (SSSR count). The molecule has 0 atom stereocenters. The van der Waals surface area contributed by atoms with Crippen LogP contribution >= 0.6 is 0 Å². The van der Waals surface area contributed by atoms with Crippen LogP contribution in [-0.4, -0.2) is 29.5 Å². The van der Waals surface area contributed by atoms with E-state index in [0.29, 0.717) is 11.3 Å². The SMILES string of the molecule is Cc1ccc(C2=N/C(=C\c3ccccc3OCC(=O)O)C(=O)O2)cc1C. The molecule has 0 aromatic heterocycles. The number of esters is 1. The van der Waals surface area contributed by atoms with E-state index in [2.05, 4.69) is 4.99 Å². The van der Waals surface area contributed by atoms with Crippen LogP contribution in [0.15, 0.2) is 53.2 Å². The molecule has 2 aromatic rings. The molecule has 0 aliphatic carbocycles. The average molecular weight is 351 g/mol. The summed E-state index contributed by atoms with van der Waals surface area (Å²) in [5.41, 5.74) is 3.61. The number of rotatable bonds is 5. The third kappa shape index (κ3) is 3.80. The minimum Gasteiger partial charge on any atom is -0.481 e. The van der Waals surface area contributed by atoms with E-state index in [-0.39, 0.29) is 11.6 Å². The Hall–Kier alpha value is -3.41. The summed E-state index contributed by atoms with van der Waals surface area (Å²) in [6.45, 7) is 3.51. The van der Waals surface area contributed by atoms with E-state index in [4.69, 9.17) is 14.6 Å². The van der Waals surface area contributed by atoms with Gasteiger partial charge in [-0.2, -0.15) is 0 Å². The number of nitrogens with zero attached hydrogens (tertiary/aromatic N) is 1. The molecule has 0 bridgehead atoms. The Morgan fingerprint density at radius 3 is 2.69 bits per heavy atom. The number of aliphatic imine (C=N–C) groups is 1. The van der Waals surface area contributed by atoms with E-state index in [9.17, 15) is 9.59 Å². The Kier molecular flexibility index (Phi) is 4.84. The highest BCUT2D eigenvalue weighted by molar-refractivity contribution is 6.13.